The maximum atomic E-state index is 11.5. The Balaban J connectivity index is 2.64. The van der Waals surface area contributed by atoms with Crippen LogP contribution in [0.1, 0.15) is 44.9 Å². The summed E-state index contributed by atoms with van der Waals surface area (Å²) in [5.41, 5.74) is 2.95. The van der Waals surface area contributed by atoms with Crippen LogP contribution in [-0.4, -0.2) is 17.1 Å². The number of rotatable bonds is 1. The van der Waals surface area contributed by atoms with E-state index in [4.69, 9.17) is 0 Å². The number of Topliss-reactive ketones (excluding diaryl/α,β-unsaturated/α-hetero) is 1. The molecule has 0 radical (unpaired) electrons. The zero-order chi connectivity index (χ0) is 9.42. The number of hydrogen-bond acceptors (Lipinski definition) is 2. The third kappa shape index (κ3) is 1.11. The van der Waals surface area contributed by atoms with Crippen LogP contribution in [0.15, 0.2) is 0 Å². The summed E-state index contributed by atoms with van der Waals surface area (Å²) in [6.07, 6.45) is 3.12. The number of aryl methyl sites for hydroxylation is 2. The Morgan fingerprint density at radius 3 is 2.85 bits per heavy atom. The minimum absolute atomic E-state index is 0.104. The highest BCUT2D eigenvalue weighted by molar-refractivity contribution is 6.05. The molecular formula is C10H11NO2. The lowest BCUT2D eigenvalue weighted by molar-refractivity contribution is 0.0966. The van der Waals surface area contributed by atoms with Crippen LogP contribution in [0.5, 0.6) is 0 Å². The Hall–Kier alpha value is -1.38. The normalized spacial score (nSPS) is 15.6. The Morgan fingerprint density at radius 2 is 2.15 bits per heavy atom. The Kier molecular flexibility index (Phi) is 1.79. The molecular weight excluding hydrogens is 166 g/mol. The molecule has 1 aliphatic rings. The van der Waals surface area contributed by atoms with Crippen LogP contribution in [0.2, 0.25) is 0 Å². The van der Waals surface area contributed by atoms with E-state index in [-0.39, 0.29) is 5.78 Å². The van der Waals surface area contributed by atoms with Gasteiger partial charge in [-0.25, -0.2) is 0 Å². The van der Waals surface area contributed by atoms with Gasteiger partial charge < -0.3 is 4.98 Å². The van der Waals surface area contributed by atoms with Gasteiger partial charge in [-0.15, -0.1) is 0 Å². The summed E-state index contributed by atoms with van der Waals surface area (Å²) >= 11 is 0. The molecule has 13 heavy (non-hydrogen) atoms. The molecule has 0 aromatic carbocycles. The predicted molar refractivity (Wildman–Crippen MR) is 48.2 cm³/mol. The van der Waals surface area contributed by atoms with Crippen LogP contribution < -0.4 is 0 Å². The van der Waals surface area contributed by atoms with E-state index in [9.17, 15) is 9.59 Å². The van der Waals surface area contributed by atoms with Crippen molar-refractivity contribution in [2.45, 2.75) is 26.2 Å². The fourth-order valence-electron chi connectivity index (χ4n) is 1.91. The molecule has 0 unspecified atom stereocenters. The SMILES string of the molecule is Cc1[nH]c2c(c1C=O)C(=O)CCC2. The van der Waals surface area contributed by atoms with Crippen molar-refractivity contribution < 1.29 is 9.59 Å². The van der Waals surface area contributed by atoms with Crippen molar-refractivity contribution in [2.24, 2.45) is 0 Å². The van der Waals surface area contributed by atoms with Crippen LogP contribution in [0.25, 0.3) is 0 Å². The summed E-state index contributed by atoms with van der Waals surface area (Å²) in [4.78, 5) is 25.3. The Bertz CT molecular complexity index is 377. The molecule has 1 heterocycles. The molecule has 0 aliphatic heterocycles. The van der Waals surface area contributed by atoms with E-state index in [0.717, 1.165) is 30.5 Å². The van der Waals surface area contributed by atoms with Crippen molar-refractivity contribution in [2.75, 3.05) is 0 Å². The predicted octanol–water partition coefficient (Wildman–Crippen LogP) is 1.65. The van der Waals surface area contributed by atoms with Gasteiger partial charge in [0.05, 0.1) is 0 Å². The number of aldehydes is 1. The van der Waals surface area contributed by atoms with Crippen molar-refractivity contribution in [3.05, 3.63) is 22.5 Å². The molecule has 1 N–H and O–H groups in total. The van der Waals surface area contributed by atoms with Crippen molar-refractivity contribution in [3.8, 4) is 0 Å². The molecule has 3 nitrogen and oxygen atoms in total. The number of ketones is 1. The van der Waals surface area contributed by atoms with Gasteiger partial charge in [0, 0.05) is 28.9 Å². The first-order valence-corrected chi connectivity index (χ1v) is 4.44. The summed E-state index contributed by atoms with van der Waals surface area (Å²) in [6.45, 7) is 1.83. The van der Waals surface area contributed by atoms with Gasteiger partial charge in [0.1, 0.15) is 0 Å². The molecule has 0 bridgehead atoms. The topological polar surface area (TPSA) is 49.9 Å². The number of aromatic amines is 1. The molecule has 0 saturated carbocycles. The number of H-pyrrole nitrogens is 1. The van der Waals surface area contributed by atoms with E-state index in [1.807, 2.05) is 6.92 Å². The van der Waals surface area contributed by atoms with Crippen LogP contribution in [-0.2, 0) is 6.42 Å². The smallest absolute Gasteiger partial charge is 0.165 e. The van der Waals surface area contributed by atoms with Gasteiger partial charge in [0.15, 0.2) is 12.1 Å². The minimum Gasteiger partial charge on any atom is -0.361 e. The number of hydrogen-bond donors (Lipinski definition) is 1. The second-order valence-electron chi connectivity index (χ2n) is 3.41. The van der Waals surface area contributed by atoms with Crippen molar-refractivity contribution >= 4 is 12.1 Å². The summed E-state index contributed by atoms with van der Waals surface area (Å²) in [5.74, 6) is 0.104. The van der Waals surface area contributed by atoms with E-state index in [1.54, 1.807) is 0 Å². The highest BCUT2D eigenvalue weighted by Crippen LogP contribution is 2.25. The molecule has 1 aliphatic carbocycles. The molecule has 0 spiro atoms. The first-order valence-electron chi connectivity index (χ1n) is 4.44. The molecule has 1 aromatic rings. The zero-order valence-corrected chi connectivity index (χ0v) is 7.52. The Morgan fingerprint density at radius 1 is 1.38 bits per heavy atom. The van der Waals surface area contributed by atoms with Crippen LogP contribution in [0.4, 0.5) is 0 Å². The third-order valence-corrected chi connectivity index (χ3v) is 2.54. The van der Waals surface area contributed by atoms with E-state index in [0.29, 0.717) is 17.5 Å². The van der Waals surface area contributed by atoms with Gasteiger partial charge >= 0.3 is 0 Å². The number of fused-ring (bicyclic) bond motifs is 1. The number of carbonyl (C=O) groups excluding carboxylic acids is 2. The molecule has 3 heteroatoms. The maximum absolute atomic E-state index is 11.5. The molecule has 1 aromatic heterocycles. The van der Waals surface area contributed by atoms with Gasteiger partial charge in [-0.3, -0.25) is 9.59 Å². The highest BCUT2D eigenvalue weighted by Gasteiger charge is 2.23. The molecule has 2 rings (SSSR count). The molecule has 0 fully saturated rings. The minimum atomic E-state index is 0.104. The lowest BCUT2D eigenvalue weighted by Crippen LogP contribution is -2.10. The van der Waals surface area contributed by atoms with Gasteiger partial charge in [0.25, 0.3) is 0 Å². The van der Waals surface area contributed by atoms with E-state index < -0.39 is 0 Å². The van der Waals surface area contributed by atoms with Crippen molar-refractivity contribution in [1.29, 1.82) is 0 Å². The second-order valence-corrected chi connectivity index (χ2v) is 3.41. The van der Waals surface area contributed by atoms with Gasteiger partial charge in [0.2, 0.25) is 0 Å². The van der Waals surface area contributed by atoms with E-state index in [1.165, 1.54) is 0 Å². The van der Waals surface area contributed by atoms with Crippen LogP contribution >= 0.6 is 0 Å². The van der Waals surface area contributed by atoms with Gasteiger partial charge in [-0.1, -0.05) is 0 Å². The Labute approximate surface area is 76.1 Å². The fraction of sp³-hybridized carbons (Fsp3) is 0.400. The van der Waals surface area contributed by atoms with Crippen LogP contribution in [0, 0.1) is 6.92 Å². The molecule has 0 amide bonds. The summed E-state index contributed by atoms with van der Waals surface area (Å²) < 4.78 is 0. The number of carbonyl (C=O) groups is 2. The third-order valence-electron chi connectivity index (χ3n) is 2.54. The van der Waals surface area contributed by atoms with E-state index >= 15 is 0 Å². The summed E-state index contributed by atoms with van der Waals surface area (Å²) in [6, 6.07) is 0. The maximum Gasteiger partial charge on any atom is 0.165 e. The largest absolute Gasteiger partial charge is 0.361 e. The molecule has 68 valence electrons. The average Bonchev–Trinajstić information content (AvgIpc) is 2.42. The first-order chi connectivity index (χ1) is 6.24. The lowest BCUT2D eigenvalue weighted by Gasteiger charge is -2.09. The zero-order valence-electron chi connectivity index (χ0n) is 7.52. The number of aromatic nitrogens is 1. The second kappa shape index (κ2) is 2.83. The average molecular weight is 177 g/mol. The summed E-state index contributed by atoms with van der Waals surface area (Å²) in [5, 5.41) is 0. The van der Waals surface area contributed by atoms with Gasteiger partial charge in [-0.05, 0) is 19.8 Å². The van der Waals surface area contributed by atoms with E-state index in [2.05, 4.69) is 4.98 Å². The van der Waals surface area contributed by atoms with Crippen molar-refractivity contribution in [3.63, 3.8) is 0 Å². The van der Waals surface area contributed by atoms with Gasteiger partial charge in [-0.2, -0.15) is 0 Å². The molecule has 0 saturated heterocycles. The molecule has 0 atom stereocenters. The summed E-state index contributed by atoms with van der Waals surface area (Å²) in [7, 11) is 0. The lowest BCUT2D eigenvalue weighted by atomic mass is 9.94. The standard InChI is InChI=1S/C10H11NO2/c1-6-7(5-12)10-8(11-6)3-2-4-9(10)13/h5,11H,2-4H2,1H3. The monoisotopic (exact) mass is 177 g/mol. The number of nitrogens with one attached hydrogen (secondary N) is 1. The first kappa shape index (κ1) is 8.23. The highest BCUT2D eigenvalue weighted by atomic mass is 16.1. The quantitative estimate of drug-likeness (QED) is 0.663. The fourth-order valence-corrected chi connectivity index (χ4v) is 1.91. The van der Waals surface area contributed by atoms with Crippen molar-refractivity contribution in [1.82, 2.24) is 4.98 Å². The van der Waals surface area contributed by atoms with Crippen LogP contribution in [0.3, 0.4) is 0 Å².